The molecule has 2 aromatic rings. The fourth-order valence-corrected chi connectivity index (χ4v) is 5.02. The first-order valence-electron chi connectivity index (χ1n) is 6.86. The first-order chi connectivity index (χ1) is 9.73. The second-order valence-corrected chi connectivity index (χ2v) is 8.55. The molecule has 1 unspecified atom stereocenters. The third-order valence-electron chi connectivity index (χ3n) is 4.58. The van der Waals surface area contributed by atoms with Gasteiger partial charge in [-0.1, -0.05) is 48.0 Å². The van der Waals surface area contributed by atoms with Crippen molar-refractivity contribution in [3.8, 4) is 0 Å². The van der Waals surface area contributed by atoms with Crippen LogP contribution >= 0.6 is 0 Å². The first kappa shape index (κ1) is 14.3. The molecular weight excluding hydrogens is 284 g/mol. The highest BCUT2D eigenvalue weighted by Gasteiger charge is 2.62. The van der Waals surface area contributed by atoms with Gasteiger partial charge in [0.1, 0.15) is 10.3 Å². The van der Waals surface area contributed by atoms with Gasteiger partial charge < -0.3 is 5.11 Å². The minimum atomic E-state index is -3.60. The Balaban J connectivity index is 2.39. The first-order valence-corrected chi connectivity index (χ1v) is 8.35. The highest BCUT2D eigenvalue weighted by atomic mass is 32.2. The van der Waals surface area contributed by atoms with Gasteiger partial charge in [0.25, 0.3) is 0 Å². The quantitative estimate of drug-likeness (QED) is 0.881. The Morgan fingerprint density at radius 1 is 0.952 bits per heavy atom. The molecule has 1 heterocycles. The van der Waals surface area contributed by atoms with Gasteiger partial charge in [-0.25, -0.2) is 8.42 Å². The maximum Gasteiger partial charge on any atom is 0.187 e. The number of benzene rings is 2. The molecule has 1 N–H and O–H groups in total. The maximum absolute atomic E-state index is 12.8. The van der Waals surface area contributed by atoms with Crippen LogP contribution in [0.25, 0.3) is 0 Å². The van der Waals surface area contributed by atoms with Crippen LogP contribution in [0, 0.1) is 6.92 Å². The topological polar surface area (TPSA) is 54.4 Å². The van der Waals surface area contributed by atoms with Crippen molar-refractivity contribution in [1.82, 2.24) is 0 Å². The van der Waals surface area contributed by atoms with Crippen LogP contribution in [0.2, 0.25) is 0 Å². The Bertz CT molecular complexity index is 804. The fourth-order valence-electron chi connectivity index (χ4n) is 3.09. The van der Waals surface area contributed by atoms with Gasteiger partial charge in [-0.05, 0) is 32.4 Å². The molecule has 3 nitrogen and oxygen atoms in total. The predicted molar refractivity (Wildman–Crippen MR) is 81.9 cm³/mol. The van der Waals surface area contributed by atoms with E-state index in [9.17, 15) is 13.5 Å². The molecule has 0 saturated carbocycles. The Hall–Kier alpha value is -1.65. The fraction of sp³-hybridized carbons (Fsp3) is 0.294. The molecule has 110 valence electrons. The maximum atomic E-state index is 12.8. The van der Waals surface area contributed by atoms with Crippen LogP contribution in [0.5, 0.6) is 0 Å². The predicted octanol–water partition coefficient (Wildman–Crippen LogP) is 2.80. The lowest BCUT2D eigenvalue weighted by molar-refractivity contribution is 0.0491. The van der Waals surface area contributed by atoms with E-state index in [1.54, 1.807) is 50.2 Å². The van der Waals surface area contributed by atoms with E-state index < -0.39 is 20.2 Å². The largest absolute Gasteiger partial charge is 0.379 e. The molecule has 0 radical (unpaired) electrons. The van der Waals surface area contributed by atoms with Gasteiger partial charge in [0.05, 0.1) is 4.90 Å². The van der Waals surface area contributed by atoms with Crippen LogP contribution in [0.1, 0.15) is 30.5 Å². The average molecular weight is 302 g/mol. The average Bonchev–Trinajstić information content (AvgIpc) is 2.57. The van der Waals surface area contributed by atoms with Gasteiger partial charge >= 0.3 is 0 Å². The monoisotopic (exact) mass is 302 g/mol. The molecule has 0 amide bonds. The molecule has 1 aliphatic heterocycles. The number of hydrogen-bond acceptors (Lipinski definition) is 3. The Morgan fingerprint density at radius 2 is 1.52 bits per heavy atom. The summed E-state index contributed by atoms with van der Waals surface area (Å²) in [6, 6.07) is 14.1. The molecule has 1 atom stereocenters. The third kappa shape index (κ3) is 1.60. The van der Waals surface area contributed by atoms with Crippen LogP contribution in [0.4, 0.5) is 0 Å². The van der Waals surface area contributed by atoms with Crippen LogP contribution < -0.4 is 0 Å². The van der Waals surface area contributed by atoms with Crippen LogP contribution in [-0.2, 0) is 15.4 Å². The van der Waals surface area contributed by atoms with Gasteiger partial charge in [0.2, 0.25) is 0 Å². The zero-order chi connectivity index (χ0) is 15.5. The lowest BCUT2D eigenvalue weighted by Crippen LogP contribution is -2.48. The third-order valence-corrected chi connectivity index (χ3v) is 7.15. The van der Waals surface area contributed by atoms with Crippen molar-refractivity contribution in [2.24, 2.45) is 0 Å². The summed E-state index contributed by atoms with van der Waals surface area (Å²) in [5, 5.41) is 11.4. The van der Waals surface area contributed by atoms with Crippen LogP contribution in [0.3, 0.4) is 0 Å². The summed E-state index contributed by atoms with van der Waals surface area (Å²) in [4.78, 5) is 0.220. The van der Waals surface area contributed by atoms with Crippen molar-refractivity contribution in [2.45, 2.75) is 36.0 Å². The van der Waals surface area contributed by atoms with Crippen LogP contribution in [-0.4, -0.2) is 18.3 Å². The zero-order valence-electron chi connectivity index (χ0n) is 12.3. The second-order valence-electron chi connectivity index (χ2n) is 6.09. The van der Waals surface area contributed by atoms with Crippen molar-refractivity contribution in [3.63, 3.8) is 0 Å². The highest BCUT2D eigenvalue weighted by Crippen LogP contribution is 2.53. The molecule has 3 rings (SSSR count). The standard InChI is InChI=1S/C17H18O3S/c1-12-8-10-13(11-9-12)17(18)14-6-4-5-7-15(14)21(19,20)16(17,2)3/h4-11,18H,1-3H3. The Kier molecular flexibility index (Phi) is 2.85. The normalized spacial score (nSPS) is 25.5. The van der Waals surface area contributed by atoms with E-state index in [1.165, 1.54) is 0 Å². The molecule has 0 bridgehead atoms. The summed E-state index contributed by atoms with van der Waals surface area (Å²) in [5.74, 6) is 0. The molecule has 0 spiro atoms. The van der Waals surface area contributed by atoms with Gasteiger partial charge in [-0.3, -0.25) is 0 Å². The molecule has 1 aliphatic rings. The molecule has 0 fully saturated rings. The Morgan fingerprint density at radius 3 is 2.14 bits per heavy atom. The van der Waals surface area contributed by atoms with Crippen molar-refractivity contribution < 1.29 is 13.5 Å². The smallest absolute Gasteiger partial charge is 0.187 e. The van der Waals surface area contributed by atoms with Crippen molar-refractivity contribution in [2.75, 3.05) is 0 Å². The number of hydrogen-bond donors (Lipinski definition) is 1. The minimum absolute atomic E-state index is 0.220. The van der Waals surface area contributed by atoms with Crippen LogP contribution in [0.15, 0.2) is 53.4 Å². The molecule has 0 saturated heterocycles. The van der Waals surface area contributed by atoms with E-state index >= 15 is 0 Å². The summed E-state index contributed by atoms with van der Waals surface area (Å²) in [6.45, 7) is 5.13. The van der Waals surface area contributed by atoms with Gasteiger partial charge in [0, 0.05) is 5.56 Å². The molecule has 2 aromatic carbocycles. The molecule has 0 aliphatic carbocycles. The second kappa shape index (κ2) is 4.18. The number of aryl methyl sites for hydroxylation is 1. The summed E-state index contributed by atoms with van der Waals surface area (Å²) >= 11 is 0. The van der Waals surface area contributed by atoms with Gasteiger partial charge in [-0.15, -0.1) is 0 Å². The lowest BCUT2D eigenvalue weighted by atomic mass is 9.77. The van der Waals surface area contributed by atoms with E-state index in [1.807, 2.05) is 19.1 Å². The summed E-state index contributed by atoms with van der Waals surface area (Å²) in [7, 11) is -3.60. The molecule has 4 heteroatoms. The lowest BCUT2D eigenvalue weighted by Gasteiger charge is -2.36. The minimum Gasteiger partial charge on any atom is -0.379 e. The van der Waals surface area contributed by atoms with Gasteiger partial charge in [-0.2, -0.15) is 0 Å². The Labute approximate surface area is 125 Å². The SMILES string of the molecule is Cc1ccc(C2(O)c3ccccc3S(=O)(=O)C2(C)C)cc1. The number of fused-ring (bicyclic) bond motifs is 1. The summed E-state index contributed by atoms with van der Waals surface area (Å²) < 4.78 is 24.3. The van der Waals surface area contributed by atoms with E-state index in [0.29, 0.717) is 11.1 Å². The zero-order valence-corrected chi connectivity index (χ0v) is 13.1. The number of sulfone groups is 1. The van der Waals surface area contributed by atoms with Crippen molar-refractivity contribution >= 4 is 9.84 Å². The highest BCUT2D eigenvalue weighted by molar-refractivity contribution is 7.93. The number of rotatable bonds is 1. The van der Waals surface area contributed by atoms with Crippen molar-refractivity contribution in [3.05, 3.63) is 65.2 Å². The summed E-state index contributed by atoms with van der Waals surface area (Å²) in [6.07, 6.45) is 0. The van der Waals surface area contributed by atoms with E-state index in [2.05, 4.69) is 0 Å². The van der Waals surface area contributed by atoms with E-state index in [-0.39, 0.29) is 4.90 Å². The molecule has 21 heavy (non-hydrogen) atoms. The van der Waals surface area contributed by atoms with Crippen molar-refractivity contribution in [1.29, 1.82) is 0 Å². The van der Waals surface area contributed by atoms with Gasteiger partial charge in [0.15, 0.2) is 9.84 Å². The van der Waals surface area contributed by atoms with E-state index in [4.69, 9.17) is 0 Å². The molecule has 0 aromatic heterocycles. The summed E-state index contributed by atoms with van der Waals surface area (Å²) in [5.41, 5.74) is 0.579. The molecular formula is C17H18O3S. The number of aliphatic hydroxyl groups is 1. The van der Waals surface area contributed by atoms with E-state index in [0.717, 1.165) is 5.56 Å².